The number of nitrogens with zero attached hydrogens (tertiary/aromatic N) is 1. The molecule has 120 valence electrons. The monoisotopic (exact) mass is 311 g/mol. The van der Waals surface area contributed by atoms with Crippen LogP contribution in [0.1, 0.15) is 29.8 Å². The normalized spacial score (nSPS) is 13.0. The van der Waals surface area contributed by atoms with Gasteiger partial charge in [0.15, 0.2) is 11.5 Å². The molecule has 1 amide bonds. The zero-order valence-corrected chi connectivity index (χ0v) is 13.5. The second-order valence-electron chi connectivity index (χ2n) is 5.84. The van der Waals surface area contributed by atoms with Gasteiger partial charge in [-0.15, -0.1) is 0 Å². The zero-order valence-electron chi connectivity index (χ0n) is 13.5. The number of benzene rings is 2. The van der Waals surface area contributed by atoms with Crippen molar-refractivity contribution in [2.75, 3.05) is 13.2 Å². The minimum atomic E-state index is -0.0359. The third-order valence-corrected chi connectivity index (χ3v) is 3.88. The first-order valence-corrected chi connectivity index (χ1v) is 7.90. The van der Waals surface area contributed by atoms with E-state index in [4.69, 9.17) is 9.47 Å². The molecule has 0 fully saturated rings. The molecule has 3 rings (SSSR count). The molecule has 0 saturated carbocycles. The molecule has 23 heavy (non-hydrogen) atoms. The second-order valence-corrected chi connectivity index (χ2v) is 5.84. The summed E-state index contributed by atoms with van der Waals surface area (Å²) >= 11 is 0. The lowest BCUT2D eigenvalue weighted by atomic mass is 10.1. The standard InChI is InChI=1S/C19H21NO3/c1-14(2)20(13-15-7-4-3-5-8-15)19(21)16-9-6-10-17-18(16)23-12-11-22-17/h3-10,14H,11-13H2,1-2H3. The SMILES string of the molecule is CC(C)N(Cc1ccccc1)C(=O)c1cccc2c1OCCO2. The highest BCUT2D eigenvalue weighted by Crippen LogP contribution is 2.34. The fourth-order valence-corrected chi connectivity index (χ4v) is 2.67. The van der Waals surface area contributed by atoms with Crippen LogP contribution in [0.4, 0.5) is 0 Å². The number of fused-ring (bicyclic) bond motifs is 1. The number of para-hydroxylation sites is 1. The van der Waals surface area contributed by atoms with Crippen molar-refractivity contribution in [2.45, 2.75) is 26.4 Å². The Morgan fingerprint density at radius 2 is 1.78 bits per heavy atom. The average molecular weight is 311 g/mol. The summed E-state index contributed by atoms with van der Waals surface area (Å²) in [6.45, 7) is 5.60. The fraction of sp³-hybridized carbons (Fsp3) is 0.316. The lowest BCUT2D eigenvalue weighted by molar-refractivity contribution is 0.0680. The van der Waals surface area contributed by atoms with Crippen LogP contribution in [0.5, 0.6) is 11.5 Å². The van der Waals surface area contributed by atoms with E-state index in [0.717, 1.165) is 5.56 Å². The van der Waals surface area contributed by atoms with E-state index in [9.17, 15) is 4.79 Å². The third-order valence-electron chi connectivity index (χ3n) is 3.88. The first-order valence-electron chi connectivity index (χ1n) is 7.90. The summed E-state index contributed by atoms with van der Waals surface area (Å²) in [5.74, 6) is 1.17. The van der Waals surface area contributed by atoms with Gasteiger partial charge in [-0.2, -0.15) is 0 Å². The predicted molar refractivity (Wildman–Crippen MR) is 88.9 cm³/mol. The van der Waals surface area contributed by atoms with Gasteiger partial charge in [-0.3, -0.25) is 4.79 Å². The number of amides is 1. The Morgan fingerprint density at radius 1 is 1.04 bits per heavy atom. The zero-order chi connectivity index (χ0) is 16.2. The summed E-state index contributed by atoms with van der Waals surface area (Å²) in [5.41, 5.74) is 1.67. The van der Waals surface area contributed by atoms with Crippen molar-refractivity contribution in [1.29, 1.82) is 0 Å². The van der Waals surface area contributed by atoms with E-state index >= 15 is 0 Å². The molecule has 0 spiro atoms. The molecular formula is C19H21NO3. The van der Waals surface area contributed by atoms with Crippen molar-refractivity contribution in [2.24, 2.45) is 0 Å². The minimum absolute atomic E-state index is 0.0359. The van der Waals surface area contributed by atoms with E-state index in [1.54, 1.807) is 6.07 Å². The number of rotatable bonds is 4. The van der Waals surface area contributed by atoms with Crippen molar-refractivity contribution in [3.63, 3.8) is 0 Å². The second kappa shape index (κ2) is 6.73. The molecule has 0 aliphatic carbocycles. The first-order chi connectivity index (χ1) is 11.2. The number of hydrogen-bond acceptors (Lipinski definition) is 3. The summed E-state index contributed by atoms with van der Waals surface area (Å²) < 4.78 is 11.3. The Labute approximate surface area is 136 Å². The Balaban J connectivity index is 1.90. The van der Waals surface area contributed by atoms with Crippen LogP contribution in [0.2, 0.25) is 0 Å². The predicted octanol–water partition coefficient (Wildman–Crippen LogP) is 3.51. The van der Waals surface area contributed by atoms with Gasteiger partial charge in [0.1, 0.15) is 13.2 Å². The molecular weight excluding hydrogens is 290 g/mol. The molecule has 4 nitrogen and oxygen atoms in total. The van der Waals surface area contributed by atoms with Crippen molar-refractivity contribution in [1.82, 2.24) is 4.90 Å². The lowest BCUT2D eigenvalue weighted by Gasteiger charge is -2.29. The largest absolute Gasteiger partial charge is 0.486 e. The third kappa shape index (κ3) is 3.31. The molecule has 0 radical (unpaired) electrons. The van der Waals surface area contributed by atoms with Gasteiger partial charge in [-0.05, 0) is 31.5 Å². The van der Waals surface area contributed by atoms with Crippen LogP contribution in [0.15, 0.2) is 48.5 Å². The van der Waals surface area contributed by atoms with Crippen LogP contribution in [0, 0.1) is 0 Å². The molecule has 2 aromatic carbocycles. The van der Waals surface area contributed by atoms with Crippen LogP contribution in [0.3, 0.4) is 0 Å². The minimum Gasteiger partial charge on any atom is -0.486 e. The average Bonchev–Trinajstić information content (AvgIpc) is 2.59. The molecule has 0 unspecified atom stereocenters. The van der Waals surface area contributed by atoms with Gasteiger partial charge in [-0.1, -0.05) is 36.4 Å². The summed E-state index contributed by atoms with van der Waals surface area (Å²) in [6.07, 6.45) is 0. The summed E-state index contributed by atoms with van der Waals surface area (Å²) in [4.78, 5) is 14.9. The molecule has 0 N–H and O–H groups in total. The van der Waals surface area contributed by atoms with E-state index in [0.29, 0.717) is 36.8 Å². The molecule has 2 aromatic rings. The smallest absolute Gasteiger partial charge is 0.258 e. The fourth-order valence-electron chi connectivity index (χ4n) is 2.67. The summed E-state index contributed by atoms with van der Waals surface area (Å²) in [5, 5.41) is 0. The van der Waals surface area contributed by atoms with Crippen LogP contribution in [-0.2, 0) is 6.54 Å². The van der Waals surface area contributed by atoms with Gasteiger partial charge >= 0.3 is 0 Å². The molecule has 1 heterocycles. The Morgan fingerprint density at radius 3 is 2.52 bits per heavy atom. The topological polar surface area (TPSA) is 38.8 Å². The van der Waals surface area contributed by atoms with E-state index < -0.39 is 0 Å². The van der Waals surface area contributed by atoms with E-state index in [1.165, 1.54) is 0 Å². The quantitative estimate of drug-likeness (QED) is 0.867. The molecule has 1 aliphatic rings. The molecule has 0 saturated heterocycles. The molecule has 0 aromatic heterocycles. The lowest BCUT2D eigenvalue weighted by Crippen LogP contribution is -2.37. The highest BCUT2D eigenvalue weighted by Gasteiger charge is 2.25. The number of hydrogen-bond donors (Lipinski definition) is 0. The van der Waals surface area contributed by atoms with E-state index in [1.807, 2.05) is 61.2 Å². The van der Waals surface area contributed by atoms with Crippen molar-refractivity contribution >= 4 is 5.91 Å². The number of carbonyl (C=O) groups is 1. The van der Waals surface area contributed by atoms with Crippen molar-refractivity contribution in [3.05, 3.63) is 59.7 Å². The highest BCUT2D eigenvalue weighted by molar-refractivity contribution is 5.98. The van der Waals surface area contributed by atoms with Crippen molar-refractivity contribution < 1.29 is 14.3 Å². The van der Waals surface area contributed by atoms with Crippen molar-refractivity contribution in [3.8, 4) is 11.5 Å². The van der Waals surface area contributed by atoms with Gasteiger partial charge in [-0.25, -0.2) is 0 Å². The Hall–Kier alpha value is -2.49. The van der Waals surface area contributed by atoms with Gasteiger partial charge < -0.3 is 14.4 Å². The van der Waals surface area contributed by atoms with Gasteiger partial charge in [0, 0.05) is 12.6 Å². The van der Waals surface area contributed by atoms with Gasteiger partial charge in [0.2, 0.25) is 0 Å². The van der Waals surface area contributed by atoms with Gasteiger partial charge in [0.05, 0.1) is 5.56 Å². The van der Waals surface area contributed by atoms with Crippen LogP contribution < -0.4 is 9.47 Å². The summed E-state index contributed by atoms with van der Waals surface area (Å²) in [7, 11) is 0. The van der Waals surface area contributed by atoms with Crippen LogP contribution >= 0.6 is 0 Å². The summed E-state index contributed by atoms with van der Waals surface area (Å²) in [6, 6.07) is 15.6. The Kier molecular flexibility index (Phi) is 4.51. The first kappa shape index (κ1) is 15.4. The maximum Gasteiger partial charge on any atom is 0.258 e. The molecule has 0 bridgehead atoms. The van der Waals surface area contributed by atoms with E-state index in [-0.39, 0.29) is 11.9 Å². The number of ether oxygens (including phenoxy) is 2. The maximum absolute atomic E-state index is 13.1. The maximum atomic E-state index is 13.1. The Bertz CT molecular complexity index is 682. The molecule has 1 aliphatic heterocycles. The highest BCUT2D eigenvalue weighted by atomic mass is 16.6. The molecule has 4 heteroatoms. The number of carbonyl (C=O) groups excluding carboxylic acids is 1. The van der Waals surface area contributed by atoms with Gasteiger partial charge in [0.25, 0.3) is 5.91 Å². The molecule has 0 atom stereocenters. The van der Waals surface area contributed by atoms with Crippen LogP contribution in [0.25, 0.3) is 0 Å². The van der Waals surface area contributed by atoms with E-state index in [2.05, 4.69) is 0 Å². The van der Waals surface area contributed by atoms with Crippen LogP contribution in [-0.4, -0.2) is 30.1 Å².